The van der Waals surface area contributed by atoms with Gasteiger partial charge in [-0.25, -0.2) is 0 Å². The Bertz CT molecular complexity index is 352. The van der Waals surface area contributed by atoms with Crippen LogP contribution < -0.4 is 10.6 Å². The molecule has 0 aromatic heterocycles. The van der Waals surface area contributed by atoms with Crippen LogP contribution in [0.3, 0.4) is 0 Å². The summed E-state index contributed by atoms with van der Waals surface area (Å²) in [5, 5.41) is 0.631. The van der Waals surface area contributed by atoms with Gasteiger partial charge < -0.3 is 10.6 Å². The van der Waals surface area contributed by atoms with Crippen molar-refractivity contribution in [1.82, 2.24) is 0 Å². The van der Waals surface area contributed by atoms with Gasteiger partial charge in [0.25, 0.3) is 0 Å². The van der Waals surface area contributed by atoms with Crippen molar-refractivity contribution in [2.24, 2.45) is 5.73 Å². The van der Waals surface area contributed by atoms with E-state index in [1.807, 2.05) is 11.8 Å². The molecule has 0 radical (unpaired) electrons. The first kappa shape index (κ1) is 15.4. The number of hydrogen-bond donors (Lipinski definition) is 1. The highest BCUT2D eigenvalue weighted by Gasteiger charge is 2.12. The minimum Gasteiger partial charge on any atom is -0.375 e. The highest BCUT2D eigenvalue weighted by atomic mass is 32.2. The van der Waals surface area contributed by atoms with E-state index in [4.69, 9.17) is 5.73 Å². The molecule has 102 valence electrons. The summed E-state index contributed by atoms with van der Waals surface area (Å²) in [6.07, 6.45) is 0.992. The third-order valence-electron chi connectivity index (χ3n) is 2.74. The van der Waals surface area contributed by atoms with Crippen LogP contribution in [0.5, 0.6) is 0 Å². The molecule has 0 atom stereocenters. The molecular weight excluding hydrogens is 240 g/mol. The van der Waals surface area contributed by atoms with Crippen LogP contribution in [0.1, 0.15) is 34.1 Å². The van der Waals surface area contributed by atoms with Crippen LogP contribution in [0.2, 0.25) is 0 Å². The summed E-state index contributed by atoms with van der Waals surface area (Å²) < 4.78 is 0. The zero-order valence-corrected chi connectivity index (χ0v) is 13.1. The molecule has 1 aromatic rings. The molecular formula is C15H26N2S. The molecule has 0 heterocycles. The Morgan fingerprint density at radius 1 is 1.22 bits per heavy atom. The molecule has 1 aromatic carbocycles. The fourth-order valence-corrected chi connectivity index (χ4v) is 2.47. The fraction of sp³-hybridized carbons (Fsp3) is 0.600. The van der Waals surface area contributed by atoms with Crippen molar-refractivity contribution in [3.63, 3.8) is 0 Å². The normalized spacial score (nSPS) is 11.9. The maximum atomic E-state index is 6.01. The van der Waals surface area contributed by atoms with E-state index in [9.17, 15) is 0 Å². The number of thioether (sulfide) groups is 1. The third kappa shape index (κ3) is 5.78. The van der Waals surface area contributed by atoms with Crippen molar-refractivity contribution in [3.05, 3.63) is 24.3 Å². The summed E-state index contributed by atoms with van der Waals surface area (Å²) in [4.78, 5) is 3.60. The van der Waals surface area contributed by atoms with E-state index in [0.29, 0.717) is 5.25 Å². The molecule has 0 aliphatic rings. The zero-order valence-electron chi connectivity index (χ0n) is 12.2. The second-order valence-corrected chi connectivity index (χ2v) is 7.47. The lowest BCUT2D eigenvalue weighted by atomic mass is 10.0. The molecule has 0 aliphatic carbocycles. The molecule has 0 bridgehead atoms. The molecule has 0 saturated heterocycles. The summed E-state index contributed by atoms with van der Waals surface area (Å²) in [5.41, 5.74) is 7.17. The molecule has 0 unspecified atom stereocenters. The first-order chi connectivity index (χ1) is 8.28. The highest BCUT2D eigenvalue weighted by Crippen LogP contribution is 2.25. The van der Waals surface area contributed by atoms with Crippen LogP contribution in [0.15, 0.2) is 29.2 Å². The molecule has 0 amide bonds. The number of nitrogens with two attached hydrogens (primary N) is 1. The molecule has 0 spiro atoms. The fourth-order valence-electron chi connectivity index (χ4n) is 1.64. The van der Waals surface area contributed by atoms with E-state index in [1.54, 1.807) is 0 Å². The maximum Gasteiger partial charge on any atom is 0.0364 e. The van der Waals surface area contributed by atoms with E-state index in [0.717, 1.165) is 13.0 Å². The van der Waals surface area contributed by atoms with E-state index in [-0.39, 0.29) is 5.54 Å². The molecule has 2 N–H and O–H groups in total. The van der Waals surface area contributed by atoms with Crippen molar-refractivity contribution in [2.75, 3.05) is 18.5 Å². The van der Waals surface area contributed by atoms with Gasteiger partial charge in [-0.15, -0.1) is 11.8 Å². The van der Waals surface area contributed by atoms with Gasteiger partial charge >= 0.3 is 0 Å². The van der Waals surface area contributed by atoms with Crippen LogP contribution in [-0.4, -0.2) is 24.4 Å². The predicted molar refractivity (Wildman–Crippen MR) is 83.6 cm³/mol. The van der Waals surface area contributed by atoms with Gasteiger partial charge in [-0.3, -0.25) is 0 Å². The molecule has 0 fully saturated rings. The van der Waals surface area contributed by atoms with Gasteiger partial charge in [-0.1, -0.05) is 13.8 Å². The van der Waals surface area contributed by atoms with Gasteiger partial charge in [-0.05, 0) is 44.5 Å². The molecule has 0 aliphatic heterocycles. The van der Waals surface area contributed by atoms with Crippen LogP contribution in [-0.2, 0) is 0 Å². The molecule has 3 heteroatoms. The van der Waals surface area contributed by atoms with Gasteiger partial charge in [0, 0.05) is 35.0 Å². The summed E-state index contributed by atoms with van der Waals surface area (Å²) in [6, 6.07) is 8.77. The largest absolute Gasteiger partial charge is 0.375 e. The SMILES string of the molecule is CC(C)Sc1ccc(N(C)CCC(C)(C)N)cc1. The van der Waals surface area contributed by atoms with Crippen molar-refractivity contribution in [2.45, 2.75) is 49.8 Å². The Morgan fingerprint density at radius 2 is 1.78 bits per heavy atom. The van der Waals surface area contributed by atoms with Crippen molar-refractivity contribution in [1.29, 1.82) is 0 Å². The highest BCUT2D eigenvalue weighted by molar-refractivity contribution is 7.99. The minimum atomic E-state index is -0.0955. The molecule has 18 heavy (non-hydrogen) atoms. The van der Waals surface area contributed by atoms with Gasteiger partial charge in [0.15, 0.2) is 0 Å². The Hall–Kier alpha value is -0.670. The summed E-state index contributed by atoms with van der Waals surface area (Å²) in [6.45, 7) is 9.56. The lowest BCUT2D eigenvalue weighted by Crippen LogP contribution is -2.36. The Balaban J connectivity index is 2.56. The Labute approximate surface area is 116 Å². The molecule has 1 rings (SSSR count). The lowest BCUT2D eigenvalue weighted by Gasteiger charge is -2.25. The number of rotatable bonds is 6. The summed E-state index contributed by atoms with van der Waals surface area (Å²) in [5.74, 6) is 0. The van der Waals surface area contributed by atoms with E-state index >= 15 is 0 Å². The van der Waals surface area contributed by atoms with E-state index in [1.165, 1.54) is 10.6 Å². The summed E-state index contributed by atoms with van der Waals surface area (Å²) >= 11 is 1.90. The first-order valence-corrected chi connectivity index (χ1v) is 7.42. The average molecular weight is 266 g/mol. The number of hydrogen-bond acceptors (Lipinski definition) is 3. The Kier molecular flexibility index (Phi) is 5.54. The van der Waals surface area contributed by atoms with Crippen molar-refractivity contribution >= 4 is 17.4 Å². The second kappa shape index (κ2) is 6.48. The monoisotopic (exact) mass is 266 g/mol. The van der Waals surface area contributed by atoms with Gasteiger partial charge in [0.2, 0.25) is 0 Å². The zero-order chi connectivity index (χ0) is 13.8. The topological polar surface area (TPSA) is 29.3 Å². The quantitative estimate of drug-likeness (QED) is 0.795. The number of benzene rings is 1. The van der Waals surface area contributed by atoms with Crippen molar-refractivity contribution in [3.8, 4) is 0 Å². The number of anilines is 1. The van der Waals surface area contributed by atoms with Gasteiger partial charge in [-0.2, -0.15) is 0 Å². The first-order valence-electron chi connectivity index (χ1n) is 6.55. The third-order valence-corrected chi connectivity index (χ3v) is 3.76. The Morgan fingerprint density at radius 3 is 2.22 bits per heavy atom. The van der Waals surface area contributed by atoms with Crippen LogP contribution >= 0.6 is 11.8 Å². The minimum absolute atomic E-state index is 0.0955. The predicted octanol–water partition coefficient (Wildman–Crippen LogP) is 3.75. The molecule has 0 saturated carbocycles. The van der Waals surface area contributed by atoms with Gasteiger partial charge in [0.1, 0.15) is 0 Å². The van der Waals surface area contributed by atoms with Crippen LogP contribution in [0.25, 0.3) is 0 Å². The van der Waals surface area contributed by atoms with Crippen LogP contribution in [0.4, 0.5) is 5.69 Å². The summed E-state index contributed by atoms with van der Waals surface area (Å²) in [7, 11) is 2.12. The number of nitrogens with zero attached hydrogens (tertiary/aromatic N) is 1. The standard InChI is InChI=1S/C15H26N2S/c1-12(2)18-14-8-6-13(7-9-14)17(5)11-10-15(3,4)16/h6-9,12H,10-11,16H2,1-5H3. The van der Waals surface area contributed by atoms with E-state index in [2.05, 4.69) is 63.9 Å². The smallest absolute Gasteiger partial charge is 0.0364 e. The second-order valence-electron chi connectivity index (χ2n) is 5.82. The molecule has 2 nitrogen and oxygen atoms in total. The van der Waals surface area contributed by atoms with Crippen molar-refractivity contribution < 1.29 is 0 Å². The maximum absolute atomic E-state index is 6.01. The average Bonchev–Trinajstić information content (AvgIpc) is 2.25. The lowest BCUT2D eigenvalue weighted by molar-refractivity contribution is 0.479. The van der Waals surface area contributed by atoms with Crippen LogP contribution in [0, 0.1) is 0 Å². The van der Waals surface area contributed by atoms with E-state index < -0.39 is 0 Å². The van der Waals surface area contributed by atoms with Gasteiger partial charge in [0.05, 0.1) is 0 Å².